The number of hydrogen-bond donors (Lipinski definition) is 1. The van der Waals surface area contributed by atoms with Crippen molar-refractivity contribution in [3.05, 3.63) is 17.4 Å². The van der Waals surface area contributed by atoms with Crippen LogP contribution in [0.15, 0.2) is 12.4 Å². The smallest absolute Gasteiger partial charge is 0.222 e. The van der Waals surface area contributed by atoms with Crippen molar-refractivity contribution in [3.63, 3.8) is 0 Å². The van der Waals surface area contributed by atoms with Gasteiger partial charge in [-0.2, -0.15) is 0 Å². The van der Waals surface area contributed by atoms with Gasteiger partial charge in [-0.3, -0.25) is 0 Å². The van der Waals surface area contributed by atoms with Gasteiger partial charge in [0.05, 0.1) is 17.4 Å². The first-order chi connectivity index (χ1) is 7.74. The lowest BCUT2D eigenvalue weighted by molar-refractivity contribution is 0.293. The highest BCUT2D eigenvalue weighted by atomic mass is 35.5. The number of rotatable bonds is 3. The van der Waals surface area contributed by atoms with Crippen LogP contribution in [0, 0.1) is 11.8 Å². The fourth-order valence-electron chi connectivity index (χ4n) is 2.38. The van der Waals surface area contributed by atoms with Gasteiger partial charge in [0, 0.05) is 6.54 Å². The highest BCUT2D eigenvalue weighted by Crippen LogP contribution is 2.28. The molecule has 4 heteroatoms. The Morgan fingerprint density at radius 2 is 2.12 bits per heavy atom. The fourth-order valence-corrected chi connectivity index (χ4v) is 2.48. The molecule has 1 heterocycles. The van der Waals surface area contributed by atoms with Gasteiger partial charge in [-0.05, 0) is 24.7 Å². The minimum atomic E-state index is 0.580. The van der Waals surface area contributed by atoms with Gasteiger partial charge in [0.25, 0.3) is 0 Å². The Labute approximate surface area is 102 Å². The molecule has 3 nitrogen and oxygen atoms in total. The van der Waals surface area contributed by atoms with E-state index in [1.807, 2.05) is 0 Å². The fraction of sp³-hybridized carbons (Fsp3) is 0.667. The lowest BCUT2D eigenvalue weighted by Gasteiger charge is -2.26. The zero-order chi connectivity index (χ0) is 11.4. The molecule has 1 aromatic rings. The summed E-state index contributed by atoms with van der Waals surface area (Å²) in [6.45, 7) is 3.32. The van der Waals surface area contributed by atoms with Gasteiger partial charge >= 0.3 is 0 Å². The molecule has 16 heavy (non-hydrogen) atoms. The van der Waals surface area contributed by atoms with E-state index >= 15 is 0 Å². The summed E-state index contributed by atoms with van der Waals surface area (Å²) in [4.78, 5) is 8.26. The monoisotopic (exact) mass is 239 g/mol. The molecule has 0 amide bonds. The van der Waals surface area contributed by atoms with Crippen LogP contribution in [0.1, 0.15) is 32.6 Å². The number of nitrogens with one attached hydrogen (secondary N) is 1. The normalized spacial score (nSPS) is 25.4. The van der Waals surface area contributed by atoms with Crippen LogP contribution in [0.25, 0.3) is 0 Å². The summed E-state index contributed by atoms with van der Waals surface area (Å²) in [5, 5.41) is 3.86. The van der Waals surface area contributed by atoms with Gasteiger partial charge in [0.15, 0.2) is 0 Å². The maximum Gasteiger partial charge on any atom is 0.222 e. The standard InChI is InChI=1S/C12H18ClN3/c1-9-3-2-4-10(5-9)6-14-12-15-7-11(13)8-16-12/h7-10H,2-6H2,1H3,(H,14,15,16). The van der Waals surface area contributed by atoms with Crippen molar-refractivity contribution in [3.8, 4) is 0 Å². The van der Waals surface area contributed by atoms with Crippen LogP contribution in [0.5, 0.6) is 0 Å². The summed E-state index contributed by atoms with van der Waals surface area (Å²) in [6.07, 6.45) is 8.63. The first-order valence-electron chi connectivity index (χ1n) is 5.95. The number of aromatic nitrogens is 2. The molecule has 0 aromatic carbocycles. The van der Waals surface area contributed by atoms with Crippen LogP contribution in [-0.4, -0.2) is 16.5 Å². The molecule has 0 bridgehead atoms. The maximum absolute atomic E-state index is 5.73. The summed E-state index contributed by atoms with van der Waals surface area (Å²) in [6, 6.07) is 0. The first-order valence-corrected chi connectivity index (χ1v) is 6.33. The van der Waals surface area contributed by atoms with Gasteiger partial charge in [0.2, 0.25) is 5.95 Å². The molecule has 2 rings (SSSR count). The highest BCUT2D eigenvalue weighted by Gasteiger charge is 2.18. The van der Waals surface area contributed by atoms with Crippen molar-refractivity contribution in [1.82, 2.24) is 9.97 Å². The average molecular weight is 240 g/mol. The molecule has 1 aliphatic rings. The molecule has 1 saturated carbocycles. The summed E-state index contributed by atoms with van der Waals surface area (Å²) < 4.78 is 0. The SMILES string of the molecule is CC1CCCC(CNc2ncc(Cl)cn2)C1. The van der Waals surface area contributed by atoms with E-state index in [4.69, 9.17) is 11.6 Å². The Balaban J connectivity index is 1.80. The highest BCUT2D eigenvalue weighted by molar-refractivity contribution is 6.30. The van der Waals surface area contributed by atoms with Crippen molar-refractivity contribution < 1.29 is 0 Å². The molecule has 0 radical (unpaired) electrons. The largest absolute Gasteiger partial charge is 0.354 e. The Morgan fingerprint density at radius 1 is 1.38 bits per heavy atom. The Hall–Kier alpha value is -0.830. The third kappa shape index (κ3) is 3.34. The van der Waals surface area contributed by atoms with Crippen LogP contribution in [0.4, 0.5) is 5.95 Å². The molecular weight excluding hydrogens is 222 g/mol. The predicted molar refractivity (Wildman–Crippen MR) is 66.7 cm³/mol. The molecule has 0 aliphatic heterocycles. The first kappa shape index (κ1) is 11.6. The molecule has 0 saturated heterocycles. The van der Waals surface area contributed by atoms with E-state index in [2.05, 4.69) is 22.2 Å². The molecule has 1 aliphatic carbocycles. The molecular formula is C12H18ClN3. The zero-order valence-electron chi connectivity index (χ0n) is 9.62. The van der Waals surface area contributed by atoms with E-state index in [0.29, 0.717) is 11.0 Å². The van der Waals surface area contributed by atoms with Crippen LogP contribution >= 0.6 is 11.6 Å². The second-order valence-electron chi connectivity index (χ2n) is 4.74. The van der Waals surface area contributed by atoms with Crippen molar-refractivity contribution in [2.24, 2.45) is 11.8 Å². The van der Waals surface area contributed by atoms with Crippen LogP contribution < -0.4 is 5.32 Å². The molecule has 2 unspecified atom stereocenters. The average Bonchev–Trinajstić information content (AvgIpc) is 2.28. The van der Waals surface area contributed by atoms with E-state index in [-0.39, 0.29) is 0 Å². The second kappa shape index (κ2) is 5.48. The predicted octanol–water partition coefficient (Wildman–Crippen LogP) is 3.37. The van der Waals surface area contributed by atoms with Crippen LogP contribution in [-0.2, 0) is 0 Å². The van der Waals surface area contributed by atoms with E-state index in [1.165, 1.54) is 25.7 Å². The maximum atomic E-state index is 5.73. The topological polar surface area (TPSA) is 37.8 Å². The molecule has 88 valence electrons. The van der Waals surface area contributed by atoms with Gasteiger partial charge in [-0.15, -0.1) is 0 Å². The van der Waals surface area contributed by atoms with Crippen LogP contribution in [0.2, 0.25) is 5.02 Å². The second-order valence-corrected chi connectivity index (χ2v) is 5.18. The van der Waals surface area contributed by atoms with E-state index < -0.39 is 0 Å². The van der Waals surface area contributed by atoms with E-state index in [1.54, 1.807) is 12.4 Å². The summed E-state index contributed by atoms with van der Waals surface area (Å²) in [5.74, 6) is 2.32. The van der Waals surface area contributed by atoms with Crippen molar-refractivity contribution in [1.29, 1.82) is 0 Å². The minimum absolute atomic E-state index is 0.580. The zero-order valence-corrected chi connectivity index (χ0v) is 10.4. The molecule has 0 spiro atoms. The molecule has 1 N–H and O–H groups in total. The summed E-state index contributed by atoms with van der Waals surface area (Å²) >= 11 is 5.73. The van der Waals surface area contributed by atoms with E-state index in [9.17, 15) is 0 Å². The minimum Gasteiger partial charge on any atom is -0.354 e. The van der Waals surface area contributed by atoms with Crippen LogP contribution in [0.3, 0.4) is 0 Å². The van der Waals surface area contributed by atoms with Crippen molar-refractivity contribution in [2.45, 2.75) is 32.6 Å². The third-order valence-electron chi connectivity index (χ3n) is 3.21. The van der Waals surface area contributed by atoms with Gasteiger partial charge in [-0.25, -0.2) is 9.97 Å². The molecule has 1 fully saturated rings. The Morgan fingerprint density at radius 3 is 2.81 bits per heavy atom. The number of halogens is 1. The lowest BCUT2D eigenvalue weighted by atomic mass is 9.82. The van der Waals surface area contributed by atoms with Crippen molar-refractivity contribution >= 4 is 17.5 Å². The van der Waals surface area contributed by atoms with Crippen molar-refractivity contribution in [2.75, 3.05) is 11.9 Å². The van der Waals surface area contributed by atoms with Gasteiger partial charge in [0.1, 0.15) is 0 Å². The summed E-state index contributed by atoms with van der Waals surface area (Å²) in [7, 11) is 0. The quantitative estimate of drug-likeness (QED) is 0.879. The summed E-state index contributed by atoms with van der Waals surface area (Å²) in [5.41, 5.74) is 0. The number of anilines is 1. The number of hydrogen-bond acceptors (Lipinski definition) is 3. The third-order valence-corrected chi connectivity index (χ3v) is 3.41. The number of nitrogens with zero attached hydrogens (tertiary/aromatic N) is 2. The van der Waals surface area contributed by atoms with Gasteiger partial charge in [-0.1, -0.05) is 31.4 Å². The molecule has 2 atom stereocenters. The van der Waals surface area contributed by atoms with E-state index in [0.717, 1.165) is 18.4 Å². The Kier molecular flexibility index (Phi) is 3.99. The Bertz CT molecular complexity index is 326. The lowest BCUT2D eigenvalue weighted by Crippen LogP contribution is -2.21. The van der Waals surface area contributed by atoms with Gasteiger partial charge < -0.3 is 5.32 Å². The molecule has 1 aromatic heterocycles.